The fourth-order valence-corrected chi connectivity index (χ4v) is 3.46. The fraction of sp³-hybridized carbons (Fsp3) is 0.529. The van der Waals surface area contributed by atoms with E-state index in [1.54, 1.807) is 4.90 Å². The zero-order valence-corrected chi connectivity index (χ0v) is 13.6. The molecule has 2 amide bonds. The van der Waals surface area contributed by atoms with Gasteiger partial charge in [-0.2, -0.15) is 0 Å². The molecule has 2 aliphatic rings. The molecule has 0 bridgehead atoms. The summed E-state index contributed by atoms with van der Waals surface area (Å²) in [7, 11) is 0. The number of carboxylic acid groups (broad SMARTS) is 1. The molecule has 0 spiro atoms. The Labute approximate surface area is 140 Å². The Morgan fingerprint density at radius 1 is 1.13 bits per heavy atom. The number of benzene rings is 1. The van der Waals surface area contributed by atoms with E-state index in [1.807, 2.05) is 24.3 Å². The highest BCUT2D eigenvalue weighted by atomic mass is 35.5. The van der Waals surface area contributed by atoms with Crippen molar-refractivity contribution in [3.05, 3.63) is 34.9 Å². The molecule has 1 aliphatic carbocycles. The normalized spacial score (nSPS) is 24.8. The van der Waals surface area contributed by atoms with Crippen molar-refractivity contribution in [1.82, 2.24) is 10.2 Å². The largest absolute Gasteiger partial charge is 0.481 e. The van der Waals surface area contributed by atoms with Crippen molar-refractivity contribution in [2.45, 2.75) is 37.6 Å². The zero-order chi connectivity index (χ0) is 16.4. The topological polar surface area (TPSA) is 69.6 Å². The van der Waals surface area contributed by atoms with E-state index in [-0.39, 0.29) is 18.0 Å². The lowest BCUT2D eigenvalue weighted by atomic mass is 9.76. The molecule has 2 fully saturated rings. The minimum absolute atomic E-state index is 0.0617. The summed E-state index contributed by atoms with van der Waals surface area (Å²) in [5.41, 5.74) is 1.27. The summed E-state index contributed by atoms with van der Waals surface area (Å²) in [6.07, 6.45) is 2.97. The lowest BCUT2D eigenvalue weighted by Gasteiger charge is -2.38. The summed E-state index contributed by atoms with van der Waals surface area (Å²) in [4.78, 5) is 24.9. The standard InChI is InChI=1S/C17H21ClN2O3/c18-14-3-1-11(2-4-14)13-9-15(10-13)19-17(23)20-7-5-12(6-8-20)16(21)22/h1-4,12-13,15H,5-10H2,(H,19,23)(H,21,22). The molecule has 0 unspecified atom stereocenters. The van der Waals surface area contributed by atoms with Crippen molar-refractivity contribution >= 4 is 23.6 Å². The molecule has 1 aromatic carbocycles. The van der Waals surface area contributed by atoms with Crippen LogP contribution in [0.3, 0.4) is 0 Å². The number of carbonyl (C=O) groups is 2. The Kier molecular flexibility index (Phi) is 4.76. The van der Waals surface area contributed by atoms with Gasteiger partial charge in [0.15, 0.2) is 0 Å². The van der Waals surface area contributed by atoms with E-state index in [1.165, 1.54) is 5.56 Å². The number of hydrogen-bond donors (Lipinski definition) is 2. The van der Waals surface area contributed by atoms with E-state index < -0.39 is 5.97 Å². The predicted octanol–water partition coefficient (Wildman–Crippen LogP) is 3.09. The monoisotopic (exact) mass is 336 g/mol. The lowest BCUT2D eigenvalue weighted by Crippen LogP contribution is -2.51. The van der Waals surface area contributed by atoms with E-state index >= 15 is 0 Å². The first-order chi connectivity index (χ1) is 11.0. The third-order valence-corrected chi connectivity index (χ3v) is 5.19. The van der Waals surface area contributed by atoms with Crippen LogP contribution in [0.5, 0.6) is 0 Å². The highest BCUT2D eigenvalue weighted by molar-refractivity contribution is 6.30. The molecule has 1 saturated heterocycles. The van der Waals surface area contributed by atoms with Crippen LogP contribution in [0.25, 0.3) is 0 Å². The summed E-state index contributed by atoms with van der Waals surface area (Å²) in [5.74, 6) is -0.581. The number of nitrogens with one attached hydrogen (secondary N) is 1. The molecule has 5 nitrogen and oxygen atoms in total. The van der Waals surface area contributed by atoms with Crippen LogP contribution in [-0.4, -0.2) is 41.1 Å². The quantitative estimate of drug-likeness (QED) is 0.891. The second kappa shape index (κ2) is 6.79. The van der Waals surface area contributed by atoms with Crippen LogP contribution in [-0.2, 0) is 4.79 Å². The Balaban J connectivity index is 1.42. The minimum Gasteiger partial charge on any atom is -0.481 e. The molecule has 3 rings (SSSR count). The number of hydrogen-bond acceptors (Lipinski definition) is 2. The number of urea groups is 1. The first-order valence-corrected chi connectivity index (χ1v) is 8.44. The maximum Gasteiger partial charge on any atom is 0.317 e. The van der Waals surface area contributed by atoms with Gasteiger partial charge in [0.2, 0.25) is 0 Å². The molecule has 2 N–H and O–H groups in total. The molecule has 0 atom stereocenters. The van der Waals surface area contributed by atoms with Crippen LogP contribution in [0.4, 0.5) is 4.79 Å². The van der Waals surface area contributed by atoms with Crippen LogP contribution >= 0.6 is 11.6 Å². The van der Waals surface area contributed by atoms with Crippen LogP contribution < -0.4 is 5.32 Å². The molecule has 6 heteroatoms. The number of carbonyl (C=O) groups excluding carboxylic acids is 1. The van der Waals surface area contributed by atoms with E-state index in [2.05, 4.69) is 5.32 Å². The van der Waals surface area contributed by atoms with Crippen LogP contribution in [0.2, 0.25) is 5.02 Å². The summed E-state index contributed by atoms with van der Waals surface area (Å²) < 4.78 is 0. The predicted molar refractivity (Wildman–Crippen MR) is 87.7 cm³/mol. The molecule has 0 radical (unpaired) electrons. The average molecular weight is 337 g/mol. The highest BCUT2D eigenvalue weighted by Gasteiger charge is 2.33. The van der Waals surface area contributed by atoms with Gasteiger partial charge in [-0.05, 0) is 49.3 Å². The Morgan fingerprint density at radius 2 is 1.74 bits per heavy atom. The second-order valence-corrected chi connectivity index (χ2v) is 6.90. The molecular weight excluding hydrogens is 316 g/mol. The van der Waals surface area contributed by atoms with Crippen molar-refractivity contribution in [2.75, 3.05) is 13.1 Å². The average Bonchev–Trinajstić information content (AvgIpc) is 2.51. The second-order valence-electron chi connectivity index (χ2n) is 6.47. The van der Waals surface area contributed by atoms with Gasteiger partial charge in [0, 0.05) is 24.2 Å². The van der Waals surface area contributed by atoms with Gasteiger partial charge in [0.05, 0.1) is 5.92 Å². The van der Waals surface area contributed by atoms with Crippen molar-refractivity contribution in [2.24, 2.45) is 5.92 Å². The molecule has 124 valence electrons. The molecular formula is C17H21ClN2O3. The summed E-state index contributed by atoms with van der Waals surface area (Å²) in [6.45, 7) is 1.05. The maximum absolute atomic E-state index is 12.2. The van der Waals surface area contributed by atoms with Gasteiger partial charge in [-0.3, -0.25) is 4.79 Å². The van der Waals surface area contributed by atoms with Crippen molar-refractivity contribution < 1.29 is 14.7 Å². The van der Waals surface area contributed by atoms with Gasteiger partial charge < -0.3 is 15.3 Å². The van der Waals surface area contributed by atoms with Gasteiger partial charge in [0.1, 0.15) is 0 Å². The number of nitrogens with zero attached hydrogens (tertiary/aromatic N) is 1. The summed E-state index contributed by atoms with van der Waals surface area (Å²) >= 11 is 5.89. The summed E-state index contributed by atoms with van der Waals surface area (Å²) in [6, 6.07) is 8.03. The Bertz CT molecular complexity index is 576. The van der Waals surface area contributed by atoms with Crippen LogP contribution in [0.15, 0.2) is 24.3 Å². The van der Waals surface area contributed by atoms with Gasteiger partial charge in [0.25, 0.3) is 0 Å². The number of rotatable bonds is 3. The highest BCUT2D eigenvalue weighted by Crippen LogP contribution is 2.37. The first kappa shape index (κ1) is 16.1. The number of aliphatic carboxylic acids is 1. The van der Waals surface area contributed by atoms with E-state index in [0.717, 1.165) is 17.9 Å². The molecule has 1 aliphatic heterocycles. The third kappa shape index (κ3) is 3.78. The number of amides is 2. The Hall–Kier alpha value is -1.75. The van der Waals surface area contributed by atoms with E-state index in [0.29, 0.717) is 31.8 Å². The van der Waals surface area contributed by atoms with Gasteiger partial charge >= 0.3 is 12.0 Å². The first-order valence-electron chi connectivity index (χ1n) is 8.06. The van der Waals surface area contributed by atoms with Crippen molar-refractivity contribution in [1.29, 1.82) is 0 Å². The van der Waals surface area contributed by atoms with Crippen LogP contribution in [0.1, 0.15) is 37.2 Å². The number of likely N-dealkylation sites (tertiary alicyclic amines) is 1. The number of carboxylic acids is 1. The minimum atomic E-state index is -0.755. The molecule has 1 heterocycles. The van der Waals surface area contributed by atoms with Crippen molar-refractivity contribution in [3.63, 3.8) is 0 Å². The van der Waals surface area contributed by atoms with Gasteiger partial charge in [-0.25, -0.2) is 4.79 Å². The maximum atomic E-state index is 12.2. The van der Waals surface area contributed by atoms with Crippen molar-refractivity contribution in [3.8, 4) is 0 Å². The number of halogens is 1. The summed E-state index contributed by atoms with van der Waals surface area (Å²) in [5, 5.41) is 12.8. The lowest BCUT2D eigenvalue weighted by molar-refractivity contribution is -0.143. The van der Waals surface area contributed by atoms with E-state index in [4.69, 9.17) is 16.7 Å². The third-order valence-electron chi connectivity index (χ3n) is 4.94. The molecule has 23 heavy (non-hydrogen) atoms. The molecule has 1 saturated carbocycles. The SMILES string of the molecule is O=C(O)C1CCN(C(=O)NC2CC(c3ccc(Cl)cc3)C2)CC1. The van der Waals surface area contributed by atoms with Gasteiger partial charge in [-0.1, -0.05) is 23.7 Å². The van der Waals surface area contributed by atoms with Gasteiger partial charge in [-0.15, -0.1) is 0 Å². The van der Waals surface area contributed by atoms with E-state index in [9.17, 15) is 9.59 Å². The Morgan fingerprint density at radius 3 is 2.30 bits per heavy atom. The molecule has 1 aromatic rings. The molecule has 0 aromatic heterocycles. The fourth-order valence-electron chi connectivity index (χ4n) is 3.34. The number of piperidine rings is 1. The smallest absolute Gasteiger partial charge is 0.317 e. The zero-order valence-electron chi connectivity index (χ0n) is 12.9. The van der Waals surface area contributed by atoms with Crippen LogP contribution in [0, 0.1) is 5.92 Å².